The Balaban J connectivity index is 2.00. The number of benzene rings is 1. The van der Waals surface area contributed by atoms with Gasteiger partial charge in [0.05, 0.1) is 0 Å². The number of fused-ring (bicyclic) bond motifs is 1. The van der Waals surface area contributed by atoms with Crippen molar-refractivity contribution in [2.45, 2.75) is 38.6 Å². The van der Waals surface area contributed by atoms with E-state index in [0.29, 0.717) is 13.2 Å². The molecule has 0 unspecified atom stereocenters. The van der Waals surface area contributed by atoms with E-state index in [-0.39, 0.29) is 6.04 Å². The van der Waals surface area contributed by atoms with Gasteiger partial charge in [-0.3, -0.25) is 0 Å². The van der Waals surface area contributed by atoms with Crippen LogP contribution in [0, 0.1) is 0 Å². The first-order valence-corrected chi connectivity index (χ1v) is 6.46. The van der Waals surface area contributed by atoms with Crippen LogP contribution in [0.1, 0.15) is 44.2 Å². The van der Waals surface area contributed by atoms with Crippen LogP contribution in [0.25, 0.3) is 0 Å². The third-order valence-corrected chi connectivity index (χ3v) is 3.11. The van der Waals surface area contributed by atoms with Gasteiger partial charge in [0, 0.05) is 6.04 Å². The van der Waals surface area contributed by atoms with Crippen molar-refractivity contribution in [1.29, 1.82) is 0 Å². The van der Waals surface area contributed by atoms with Crippen molar-refractivity contribution in [3.63, 3.8) is 0 Å². The van der Waals surface area contributed by atoms with E-state index in [1.807, 2.05) is 18.2 Å². The average molecular weight is 235 g/mol. The van der Waals surface area contributed by atoms with Crippen molar-refractivity contribution in [3.8, 4) is 11.5 Å². The fraction of sp³-hybridized carbons (Fsp3) is 0.571. The zero-order valence-corrected chi connectivity index (χ0v) is 10.4. The molecule has 1 heterocycles. The first-order chi connectivity index (χ1) is 8.31. The molecule has 0 aliphatic carbocycles. The molecular formula is C14H21NO2. The standard InChI is InChI=1S/C14H21NO2/c1-2-3-4-5-12(15)11-6-7-13-14(10-11)17-9-8-16-13/h6-7,10,12H,2-5,8-9,15H2,1H3/t12-/m0/s1. The Morgan fingerprint density at radius 1 is 1.18 bits per heavy atom. The maximum absolute atomic E-state index is 6.17. The van der Waals surface area contributed by atoms with E-state index < -0.39 is 0 Å². The highest BCUT2D eigenvalue weighted by Crippen LogP contribution is 2.33. The lowest BCUT2D eigenvalue weighted by molar-refractivity contribution is 0.171. The maximum Gasteiger partial charge on any atom is 0.161 e. The summed E-state index contributed by atoms with van der Waals surface area (Å²) in [6.45, 7) is 3.46. The predicted octanol–water partition coefficient (Wildman–Crippen LogP) is 3.04. The third kappa shape index (κ3) is 3.13. The molecule has 0 saturated heterocycles. The Bertz CT molecular complexity index is 365. The van der Waals surface area contributed by atoms with Gasteiger partial charge in [0.15, 0.2) is 11.5 Å². The molecule has 17 heavy (non-hydrogen) atoms. The van der Waals surface area contributed by atoms with Gasteiger partial charge in [-0.1, -0.05) is 32.3 Å². The predicted molar refractivity (Wildman–Crippen MR) is 68.5 cm³/mol. The largest absolute Gasteiger partial charge is 0.486 e. The molecule has 3 heteroatoms. The Kier molecular flexibility index (Phi) is 4.26. The first kappa shape index (κ1) is 12.2. The lowest BCUT2D eigenvalue weighted by Crippen LogP contribution is -2.16. The summed E-state index contributed by atoms with van der Waals surface area (Å²) in [5, 5.41) is 0. The summed E-state index contributed by atoms with van der Waals surface area (Å²) in [5.74, 6) is 1.67. The highest BCUT2D eigenvalue weighted by molar-refractivity contribution is 5.44. The minimum Gasteiger partial charge on any atom is -0.486 e. The van der Waals surface area contributed by atoms with Gasteiger partial charge in [-0.05, 0) is 24.1 Å². The Hall–Kier alpha value is -1.22. The Labute approximate surface area is 103 Å². The molecule has 1 aromatic rings. The maximum atomic E-state index is 6.17. The van der Waals surface area contributed by atoms with Crippen LogP contribution in [-0.2, 0) is 0 Å². The smallest absolute Gasteiger partial charge is 0.161 e. The van der Waals surface area contributed by atoms with Crippen molar-refractivity contribution in [1.82, 2.24) is 0 Å². The lowest BCUT2D eigenvalue weighted by Gasteiger charge is -2.20. The van der Waals surface area contributed by atoms with E-state index in [1.54, 1.807) is 0 Å². The van der Waals surface area contributed by atoms with Gasteiger partial charge in [-0.15, -0.1) is 0 Å². The summed E-state index contributed by atoms with van der Waals surface area (Å²) < 4.78 is 11.1. The van der Waals surface area contributed by atoms with E-state index in [4.69, 9.17) is 15.2 Å². The molecule has 1 atom stereocenters. The van der Waals surface area contributed by atoms with Gasteiger partial charge in [0.1, 0.15) is 13.2 Å². The third-order valence-electron chi connectivity index (χ3n) is 3.11. The molecule has 3 nitrogen and oxygen atoms in total. The minimum absolute atomic E-state index is 0.109. The Morgan fingerprint density at radius 2 is 1.94 bits per heavy atom. The second-order valence-corrected chi connectivity index (χ2v) is 4.51. The molecular weight excluding hydrogens is 214 g/mol. The first-order valence-electron chi connectivity index (χ1n) is 6.46. The fourth-order valence-corrected chi connectivity index (χ4v) is 2.07. The van der Waals surface area contributed by atoms with Crippen molar-refractivity contribution < 1.29 is 9.47 Å². The van der Waals surface area contributed by atoms with E-state index in [9.17, 15) is 0 Å². The van der Waals surface area contributed by atoms with Crippen LogP contribution in [0.15, 0.2) is 18.2 Å². The van der Waals surface area contributed by atoms with Crippen LogP contribution >= 0.6 is 0 Å². The Morgan fingerprint density at radius 3 is 2.71 bits per heavy atom. The SMILES string of the molecule is CCCCC[C@H](N)c1ccc2c(c1)OCCO2. The van der Waals surface area contributed by atoms with Crippen molar-refractivity contribution in [2.75, 3.05) is 13.2 Å². The molecule has 0 radical (unpaired) electrons. The molecule has 1 aliphatic heterocycles. The number of ether oxygens (including phenoxy) is 2. The molecule has 0 spiro atoms. The summed E-state index contributed by atoms with van der Waals surface area (Å²) in [5.41, 5.74) is 7.32. The van der Waals surface area contributed by atoms with E-state index in [1.165, 1.54) is 19.3 Å². The van der Waals surface area contributed by atoms with Crippen LogP contribution < -0.4 is 15.2 Å². The minimum atomic E-state index is 0.109. The quantitative estimate of drug-likeness (QED) is 0.798. The van der Waals surface area contributed by atoms with Gasteiger partial charge in [0.25, 0.3) is 0 Å². The second kappa shape index (κ2) is 5.92. The molecule has 2 N–H and O–H groups in total. The summed E-state index contributed by atoms with van der Waals surface area (Å²) in [6.07, 6.45) is 4.70. The lowest BCUT2D eigenvalue weighted by atomic mass is 10.0. The highest BCUT2D eigenvalue weighted by Gasteiger charge is 2.14. The van der Waals surface area contributed by atoms with Gasteiger partial charge < -0.3 is 15.2 Å². The van der Waals surface area contributed by atoms with E-state index in [0.717, 1.165) is 23.5 Å². The van der Waals surface area contributed by atoms with Gasteiger partial charge in [-0.2, -0.15) is 0 Å². The van der Waals surface area contributed by atoms with Gasteiger partial charge in [-0.25, -0.2) is 0 Å². The number of nitrogens with two attached hydrogens (primary N) is 1. The van der Waals surface area contributed by atoms with Crippen molar-refractivity contribution >= 4 is 0 Å². The molecule has 1 aromatic carbocycles. The van der Waals surface area contributed by atoms with Crippen LogP contribution in [0.4, 0.5) is 0 Å². The molecule has 0 bridgehead atoms. The second-order valence-electron chi connectivity index (χ2n) is 4.51. The van der Waals surface area contributed by atoms with Crippen LogP contribution in [0.5, 0.6) is 11.5 Å². The van der Waals surface area contributed by atoms with E-state index in [2.05, 4.69) is 6.92 Å². The topological polar surface area (TPSA) is 44.5 Å². The fourth-order valence-electron chi connectivity index (χ4n) is 2.07. The number of hydrogen-bond donors (Lipinski definition) is 1. The van der Waals surface area contributed by atoms with Crippen molar-refractivity contribution in [2.24, 2.45) is 5.73 Å². The molecule has 0 saturated carbocycles. The number of rotatable bonds is 5. The molecule has 94 valence electrons. The molecule has 0 amide bonds. The molecule has 0 aromatic heterocycles. The molecule has 1 aliphatic rings. The highest BCUT2D eigenvalue weighted by atomic mass is 16.6. The number of hydrogen-bond acceptors (Lipinski definition) is 3. The zero-order valence-electron chi connectivity index (χ0n) is 10.4. The molecule has 2 rings (SSSR count). The molecule has 0 fully saturated rings. The van der Waals surface area contributed by atoms with Crippen molar-refractivity contribution in [3.05, 3.63) is 23.8 Å². The van der Waals surface area contributed by atoms with Crippen LogP contribution in [0.3, 0.4) is 0 Å². The van der Waals surface area contributed by atoms with Gasteiger partial charge in [0.2, 0.25) is 0 Å². The van der Waals surface area contributed by atoms with Gasteiger partial charge >= 0.3 is 0 Å². The summed E-state index contributed by atoms with van der Waals surface area (Å²) in [7, 11) is 0. The normalized spacial score (nSPS) is 15.6. The number of unbranched alkanes of at least 4 members (excludes halogenated alkanes) is 2. The van der Waals surface area contributed by atoms with E-state index >= 15 is 0 Å². The monoisotopic (exact) mass is 235 g/mol. The summed E-state index contributed by atoms with van der Waals surface area (Å²) in [6, 6.07) is 6.14. The van der Waals surface area contributed by atoms with Crippen LogP contribution in [-0.4, -0.2) is 13.2 Å². The van der Waals surface area contributed by atoms with Crippen LogP contribution in [0.2, 0.25) is 0 Å². The average Bonchev–Trinajstić information content (AvgIpc) is 2.38. The summed E-state index contributed by atoms with van der Waals surface area (Å²) >= 11 is 0. The zero-order chi connectivity index (χ0) is 12.1. The summed E-state index contributed by atoms with van der Waals surface area (Å²) in [4.78, 5) is 0.